The summed E-state index contributed by atoms with van der Waals surface area (Å²) in [6, 6.07) is 20.6. The number of nitrogens with zero attached hydrogens (tertiary/aromatic N) is 2. The molecule has 0 spiro atoms. The fraction of sp³-hybridized carbons (Fsp3) is 0.160. The van der Waals surface area contributed by atoms with Crippen LogP contribution in [-0.2, 0) is 16.1 Å². The fourth-order valence-electron chi connectivity index (χ4n) is 3.80. The Balaban J connectivity index is 1.71. The van der Waals surface area contributed by atoms with E-state index >= 15 is 0 Å². The first-order valence-corrected chi connectivity index (χ1v) is 11.5. The van der Waals surface area contributed by atoms with E-state index in [0.717, 1.165) is 9.13 Å². The van der Waals surface area contributed by atoms with Gasteiger partial charge in [0.15, 0.2) is 0 Å². The number of benzene rings is 3. The van der Waals surface area contributed by atoms with E-state index in [0.29, 0.717) is 21.8 Å². The van der Waals surface area contributed by atoms with Gasteiger partial charge in [-0.05, 0) is 77.5 Å². The van der Waals surface area contributed by atoms with Gasteiger partial charge in [-0.15, -0.1) is 0 Å². The van der Waals surface area contributed by atoms with Crippen molar-refractivity contribution in [2.45, 2.75) is 25.9 Å². The number of carbonyl (C=O) groups excluding carboxylic acids is 3. The molecule has 0 saturated carbocycles. The maximum Gasteiger partial charge on any atom is 0.257 e. The maximum atomic E-state index is 13.5. The zero-order chi connectivity index (χ0) is 22.8. The average molecular weight is 559 g/mol. The Morgan fingerprint density at radius 1 is 1.06 bits per heavy atom. The summed E-state index contributed by atoms with van der Waals surface area (Å²) in [5, 5.41) is 0.501. The van der Waals surface area contributed by atoms with Crippen molar-refractivity contribution in [3.63, 3.8) is 0 Å². The smallest absolute Gasteiger partial charge is 0.257 e. The number of rotatable bonds is 5. The van der Waals surface area contributed by atoms with Crippen molar-refractivity contribution in [2.24, 2.45) is 0 Å². The number of carbonyl (C=O) groups is 3. The van der Waals surface area contributed by atoms with Crippen LogP contribution in [0.1, 0.15) is 27.9 Å². The van der Waals surface area contributed by atoms with Crippen LogP contribution in [0.3, 0.4) is 0 Å². The van der Waals surface area contributed by atoms with E-state index in [9.17, 15) is 14.4 Å². The number of hydrogen-bond acceptors (Lipinski definition) is 3. The van der Waals surface area contributed by atoms with Gasteiger partial charge < -0.3 is 4.90 Å². The molecule has 3 aromatic carbocycles. The molecule has 5 nitrogen and oxygen atoms in total. The molecule has 1 atom stereocenters. The van der Waals surface area contributed by atoms with Crippen molar-refractivity contribution >= 4 is 57.6 Å². The van der Waals surface area contributed by atoms with Gasteiger partial charge in [0.1, 0.15) is 6.04 Å². The van der Waals surface area contributed by atoms with E-state index in [1.807, 2.05) is 37.3 Å². The Kier molecular flexibility index (Phi) is 6.62. The monoisotopic (exact) mass is 558 g/mol. The molecule has 4 rings (SSSR count). The summed E-state index contributed by atoms with van der Waals surface area (Å²) >= 11 is 8.52. The van der Waals surface area contributed by atoms with Gasteiger partial charge in [0.25, 0.3) is 11.8 Å². The summed E-state index contributed by atoms with van der Waals surface area (Å²) in [4.78, 5) is 42.4. The Bertz CT molecular complexity index is 1200. The quantitative estimate of drug-likeness (QED) is 0.318. The molecule has 0 bridgehead atoms. The minimum atomic E-state index is -0.911. The molecule has 0 N–H and O–H groups in total. The minimum absolute atomic E-state index is 0.0766. The highest BCUT2D eigenvalue weighted by Crippen LogP contribution is 2.29. The number of aryl methyl sites for hydroxylation is 1. The standard InChI is InChI=1S/C25H20ClIN2O3/c1-16-5-4-7-17(13-16)24(31)28(15-18-6-2-3-8-21(18)26)22-14-23(30)29(25(22)32)20-11-9-19(27)10-12-20/h2-13,22H,14-15H2,1H3. The molecule has 32 heavy (non-hydrogen) atoms. The van der Waals surface area contributed by atoms with Gasteiger partial charge >= 0.3 is 0 Å². The summed E-state index contributed by atoms with van der Waals surface area (Å²) in [5.74, 6) is -1.06. The van der Waals surface area contributed by atoms with E-state index in [1.165, 1.54) is 9.80 Å². The first-order valence-electron chi connectivity index (χ1n) is 10.1. The molecule has 0 radical (unpaired) electrons. The second-order valence-electron chi connectivity index (χ2n) is 7.66. The van der Waals surface area contributed by atoms with Gasteiger partial charge in [-0.25, -0.2) is 4.90 Å². The predicted molar refractivity (Wildman–Crippen MR) is 133 cm³/mol. The van der Waals surface area contributed by atoms with Crippen LogP contribution in [0.5, 0.6) is 0 Å². The van der Waals surface area contributed by atoms with Crippen molar-refractivity contribution in [3.05, 3.63) is 98.1 Å². The van der Waals surface area contributed by atoms with Crippen LogP contribution < -0.4 is 4.90 Å². The molecule has 1 fully saturated rings. The van der Waals surface area contributed by atoms with E-state index in [2.05, 4.69) is 22.6 Å². The Morgan fingerprint density at radius 2 is 1.78 bits per heavy atom. The molecule has 3 amide bonds. The molecule has 7 heteroatoms. The highest BCUT2D eigenvalue weighted by atomic mass is 127. The number of imide groups is 1. The first-order chi connectivity index (χ1) is 15.3. The third-order valence-electron chi connectivity index (χ3n) is 5.41. The lowest BCUT2D eigenvalue weighted by Crippen LogP contribution is -2.45. The van der Waals surface area contributed by atoms with Crippen molar-refractivity contribution in [2.75, 3.05) is 4.90 Å². The van der Waals surface area contributed by atoms with Crippen LogP contribution in [0.4, 0.5) is 5.69 Å². The zero-order valence-electron chi connectivity index (χ0n) is 17.3. The first kappa shape index (κ1) is 22.5. The van der Waals surface area contributed by atoms with E-state index in [1.54, 1.807) is 42.5 Å². The van der Waals surface area contributed by atoms with Crippen LogP contribution in [0.2, 0.25) is 5.02 Å². The topological polar surface area (TPSA) is 57.7 Å². The summed E-state index contributed by atoms with van der Waals surface area (Å²) in [5.41, 5.74) is 2.61. The SMILES string of the molecule is Cc1cccc(C(=O)N(Cc2ccccc2Cl)C2CC(=O)N(c3ccc(I)cc3)C2=O)c1. The van der Waals surface area contributed by atoms with Crippen molar-refractivity contribution in [3.8, 4) is 0 Å². The summed E-state index contributed by atoms with van der Waals surface area (Å²) < 4.78 is 0.997. The van der Waals surface area contributed by atoms with Crippen molar-refractivity contribution < 1.29 is 14.4 Å². The molecule has 1 unspecified atom stereocenters. The van der Waals surface area contributed by atoms with Crippen molar-refractivity contribution in [1.29, 1.82) is 0 Å². The fourth-order valence-corrected chi connectivity index (χ4v) is 4.35. The molecule has 0 aromatic heterocycles. The largest absolute Gasteiger partial charge is 0.322 e. The van der Waals surface area contributed by atoms with Crippen LogP contribution in [-0.4, -0.2) is 28.7 Å². The lowest BCUT2D eigenvalue weighted by molar-refractivity contribution is -0.122. The van der Waals surface area contributed by atoms with Crippen molar-refractivity contribution in [1.82, 2.24) is 4.90 Å². The van der Waals surface area contributed by atoms with Crippen LogP contribution in [0.25, 0.3) is 0 Å². The molecular weight excluding hydrogens is 539 g/mol. The van der Waals surface area contributed by atoms with Crippen LogP contribution in [0, 0.1) is 10.5 Å². The van der Waals surface area contributed by atoms with E-state index in [4.69, 9.17) is 11.6 Å². The van der Waals surface area contributed by atoms with Gasteiger partial charge in [0, 0.05) is 20.7 Å². The van der Waals surface area contributed by atoms with E-state index < -0.39 is 11.9 Å². The maximum absolute atomic E-state index is 13.5. The molecular formula is C25H20ClIN2O3. The summed E-state index contributed by atoms with van der Waals surface area (Å²) in [7, 11) is 0. The summed E-state index contributed by atoms with van der Waals surface area (Å²) in [6.07, 6.45) is -0.0766. The van der Waals surface area contributed by atoms with Gasteiger partial charge in [-0.1, -0.05) is 47.5 Å². The zero-order valence-corrected chi connectivity index (χ0v) is 20.2. The molecule has 1 heterocycles. The Labute approximate surface area is 205 Å². The third-order valence-corrected chi connectivity index (χ3v) is 6.50. The lowest BCUT2D eigenvalue weighted by Gasteiger charge is -2.28. The molecule has 1 aliphatic heterocycles. The minimum Gasteiger partial charge on any atom is -0.322 e. The third kappa shape index (κ3) is 4.56. The molecule has 1 saturated heterocycles. The second-order valence-corrected chi connectivity index (χ2v) is 9.31. The molecule has 0 aliphatic carbocycles. The van der Waals surface area contributed by atoms with Crippen LogP contribution >= 0.6 is 34.2 Å². The van der Waals surface area contributed by atoms with Gasteiger partial charge in [0.2, 0.25) is 5.91 Å². The summed E-state index contributed by atoms with van der Waals surface area (Å²) in [6.45, 7) is 2.02. The Hall–Kier alpha value is -2.71. The average Bonchev–Trinajstić information content (AvgIpc) is 3.07. The molecule has 162 valence electrons. The lowest BCUT2D eigenvalue weighted by atomic mass is 10.1. The Morgan fingerprint density at radius 3 is 2.47 bits per heavy atom. The number of halogens is 2. The second kappa shape index (κ2) is 9.42. The van der Waals surface area contributed by atoms with Gasteiger partial charge in [0.05, 0.1) is 12.1 Å². The number of amides is 3. The van der Waals surface area contributed by atoms with Crippen LogP contribution in [0.15, 0.2) is 72.8 Å². The normalized spacial score (nSPS) is 15.8. The van der Waals surface area contributed by atoms with Gasteiger partial charge in [-0.2, -0.15) is 0 Å². The van der Waals surface area contributed by atoms with Gasteiger partial charge in [-0.3, -0.25) is 14.4 Å². The number of anilines is 1. The highest BCUT2D eigenvalue weighted by Gasteiger charge is 2.44. The molecule has 1 aliphatic rings. The number of hydrogen-bond donors (Lipinski definition) is 0. The molecule has 3 aromatic rings. The predicted octanol–water partition coefficient (Wildman–Crippen LogP) is 5.23. The van der Waals surface area contributed by atoms with E-state index in [-0.39, 0.29) is 24.8 Å². The highest BCUT2D eigenvalue weighted by molar-refractivity contribution is 14.1.